The van der Waals surface area contributed by atoms with Crippen molar-refractivity contribution >= 4 is 39.4 Å². The van der Waals surface area contributed by atoms with Crippen molar-refractivity contribution in [3.8, 4) is 17.2 Å². The lowest BCUT2D eigenvalue weighted by Gasteiger charge is -2.19. The number of carboxylic acid groups (broad SMARTS) is 1. The molecule has 1 N–H and O–H groups in total. The second-order valence-corrected chi connectivity index (χ2v) is 8.95. The number of thiol groups is 1. The third-order valence-electron chi connectivity index (χ3n) is 5.49. The minimum atomic E-state index is -3.17. The van der Waals surface area contributed by atoms with Crippen molar-refractivity contribution in [1.29, 1.82) is 0 Å². The summed E-state index contributed by atoms with van der Waals surface area (Å²) in [6, 6.07) is 9.85. The highest BCUT2D eigenvalue weighted by Crippen LogP contribution is 2.39. The predicted molar refractivity (Wildman–Crippen MR) is 133 cm³/mol. The molecular weight excluding hydrogens is 490 g/mol. The zero-order valence-corrected chi connectivity index (χ0v) is 20.7. The smallest absolute Gasteiger partial charge is 0.328 e. The van der Waals surface area contributed by atoms with E-state index in [9.17, 15) is 18.0 Å². The van der Waals surface area contributed by atoms with Gasteiger partial charge in [-0.1, -0.05) is 6.07 Å². The quantitative estimate of drug-likeness (QED) is 0.242. The molecule has 0 aliphatic rings. The number of benzene rings is 2. The number of carbonyl (C=O) groups is 1. The number of nitrogens with zero attached hydrogens (tertiary/aromatic N) is 5. The Labute approximate surface area is 207 Å². The van der Waals surface area contributed by atoms with Gasteiger partial charge in [-0.05, 0) is 24.6 Å². The number of hydrogen-bond donors (Lipinski definition) is 2. The van der Waals surface area contributed by atoms with Crippen LogP contribution in [-0.4, -0.2) is 44.8 Å². The maximum absolute atomic E-state index is 12.5. The third-order valence-corrected chi connectivity index (χ3v) is 6.24. The normalized spacial score (nSPS) is 11.2. The summed E-state index contributed by atoms with van der Waals surface area (Å²) in [5, 5.41) is 8.77. The van der Waals surface area contributed by atoms with E-state index in [1.165, 1.54) is 15.5 Å². The molecule has 0 radical (unpaired) electrons. The lowest BCUT2D eigenvalue weighted by Crippen LogP contribution is -2.19. The molecular formula is C23H25N5O7S. The number of imidazole rings is 2. The number of aromatic nitrogens is 4. The molecule has 0 fully saturated rings. The molecule has 0 spiro atoms. The SMILES string of the molecule is Cn1cnc(N(c2cc3c(cc2Oc2cccc(OCCCC(=O)O)c2)n(C)c(=O)n3C)[SH](=O)=O)c1. The van der Waals surface area contributed by atoms with Crippen LogP contribution in [0.2, 0.25) is 0 Å². The summed E-state index contributed by atoms with van der Waals surface area (Å²) in [4.78, 5) is 27.4. The van der Waals surface area contributed by atoms with Crippen molar-refractivity contribution in [2.45, 2.75) is 12.8 Å². The van der Waals surface area contributed by atoms with E-state index in [-0.39, 0.29) is 36.0 Å². The number of aliphatic carboxylic acids is 1. The number of aryl methyl sites for hydroxylation is 3. The zero-order chi connectivity index (χ0) is 26.0. The average molecular weight is 516 g/mol. The van der Waals surface area contributed by atoms with Gasteiger partial charge >= 0.3 is 11.7 Å². The number of fused-ring (bicyclic) bond motifs is 1. The number of rotatable bonds is 10. The van der Waals surface area contributed by atoms with Gasteiger partial charge in [-0.15, -0.1) is 0 Å². The van der Waals surface area contributed by atoms with Crippen LogP contribution in [0.15, 0.2) is 53.7 Å². The minimum Gasteiger partial charge on any atom is -0.493 e. The molecule has 0 unspecified atom stereocenters. The molecule has 0 saturated heterocycles. The Hall–Kier alpha value is -4.26. The van der Waals surface area contributed by atoms with E-state index < -0.39 is 16.9 Å². The molecule has 0 amide bonds. The molecule has 12 nitrogen and oxygen atoms in total. The average Bonchev–Trinajstić information content (AvgIpc) is 3.34. The topological polar surface area (TPSA) is 138 Å². The Bertz CT molecular complexity index is 1560. The fraction of sp³-hybridized carbons (Fsp3) is 0.261. The van der Waals surface area contributed by atoms with Crippen LogP contribution in [0.25, 0.3) is 11.0 Å². The number of anilines is 2. The molecule has 0 bridgehead atoms. The Kier molecular flexibility index (Phi) is 7.01. The Morgan fingerprint density at radius 3 is 2.42 bits per heavy atom. The Morgan fingerprint density at radius 1 is 1.08 bits per heavy atom. The van der Waals surface area contributed by atoms with Crippen LogP contribution in [-0.2, 0) is 36.8 Å². The molecule has 0 saturated carbocycles. The summed E-state index contributed by atoms with van der Waals surface area (Å²) in [6.07, 6.45) is 3.36. The van der Waals surface area contributed by atoms with Crippen LogP contribution in [0.5, 0.6) is 17.2 Å². The van der Waals surface area contributed by atoms with E-state index in [2.05, 4.69) is 4.98 Å². The lowest BCUT2D eigenvalue weighted by molar-refractivity contribution is -0.137. The van der Waals surface area contributed by atoms with E-state index in [0.29, 0.717) is 29.0 Å². The molecule has 190 valence electrons. The van der Waals surface area contributed by atoms with Crippen molar-refractivity contribution in [2.24, 2.45) is 21.1 Å². The number of ether oxygens (including phenoxy) is 2. The summed E-state index contributed by atoms with van der Waals surface area (Å²) in [5.41, 5.74) is 0.953. The first-order chi connectivity index (χ1) is 17.2. The van der Waals surface area contributed by atoms with Crippen LogP contribution in [0.3, 0.4) is 0 Å². The molecule has 2 heterocycles. The molecule has 0 atom stereocenters. The third kappa shape index (κ3) is 5.05. The summed E-state index contributed by atoms with van der Waals surface area (Å²) in [7, 11) is 1.76. The van der Waals surface area contributed by atoms with Crippen molar-refractivity contribution in [3.63, 3.8) is 0 Å². The molecule has 2 aromatic carbocycles. The Morgan fingerprint density at radius 2 is 1.78 bits per heavy atom. The molecule has 4 rings (SSSR count). The first kappa shape index (κ1) is 24.9. The zero-order valence-electron chi connectivity index (χ0n) is 19.8. The van der Waals surface area contributed by atoms with Gasteiger partial charge in [-0.25, -0.2) is 22.5 Å². The van der Waals surface area contributed by atoms with Gasteiger partial charge < -0.3 is 19.1 Å². The summed E-state index contributed by atoms with van der Waals surface area (Å²) < 4.78 is 42.0. The maximum atomic E-state index is 12.5. The van der Waals surface area contributed by atoms with Crippen molar-refractivity contribution in [2.75, 3.05) is 10.9 Å². The Balaban J connectivity index is 1.77. The second kappa shape index (κ2) is 10.2. The van der Waals surface area contributed by atoms with Gasteiger partial charge in [0, 0.05) is 45.9 Å². The fourth-order valence-electron chi connectivity index (χ4n) is 3.73. The lowest BCUT2D eigenvalue weighted by atomic mass is 10.2. The van der Waals surface area contributed by atoms with Gasteiger partial charge in [0.15, 0.2) is 11.6 Å². The van der Waals surface area contributed by atoms with Gasteiger partial charge in [0.05, 0.1) is 24.0 Å². The first-order valence-electron chi connectivity index (χ1n) is 10.9. The van der Waals surface area contributed by atoms with Crippen LogP contribution in [0.1, 0.15) is 12.8 Å². The summed E-state index contributed by atoms with van der Waals surface area (Å²) >= 11 is 0. The van der Waals surface area contributed by atoms with Crippen molar-refractivity contribution < 1.29 is 27.8 Å². The van der Waals surface area contributed by atoms with Crippen LogP contribution < -0.4 is 19.5 Å². The molecule has 36 heavy (non-hydrogen) atoms. The largest absolute Gasteiger partial charge is 0.493 e. The van der Waals surface area contributed by atoms with E-state index in [1.54, 1.807) is 68.3 Å². The van der Waals surface area contributed by atoms with E-state index in [1.807, 2.05) is 0 Å². The van der Waals surface area contributed by atoms with Crippen LogP contribution in [0.4, 0.5) is 11.5 Å². The number of hydrogen-bond acceptors (Lipinski definition) is 7. The predicted octanol–water partition coefficient (Wildman–Crippen LogP) is 2.31. The van der Waals surface area contributed by atoms with Crippen molar-refractivity contribution in [1.82, 2.24) is 18.7 Å². The van der Waals surface area contributed by atoms with E-state index in [4.69, 9.17) is 14.6 Å². The van der Waals surface area contributed by atoms with Gasteiger partial charge in [-0.2, -0.15) is 0 Å². The van der Waals surface area contributed by atoms with Gasteiger partial charge in [0.1, 0.15) is 17.2 Å². The second-order valence-electron chi connectivity index (χ2n) is 8.08. The standard InChI is InChI=1S/C23H25N5O7S/c1-25-13-21(24-14-25)28(36(32)33)19-11-17-18(27(3)23(31)26(17)2)12-20(19)35-16-7-4-6-15(10-16)34-9-5-8-22(29)30/h4,6-7,10-14,36H,5,8-9H2,1-3H3,(H,29,30). The van der Waals surface area contributed by atoms with E-state index in [0.717, 1.165) is 4.31 Å². The highest BCUT2D eigenvalue weighted by atomic mass is 32.2. The highest BCUT2D eigenvalue weighted by Gasteiger charge is 2.23. The molecule has 0 aliphatic heterocycles. The van der Waals surface area contributed by atoms with Crippen LogP contribution in [0, 0.1) is 0 Å². The van der Waals surface area contributed by atoms with Crippen LogP contribution >= 0.6 is 0 Å². The van der Waals surface area contributed by atoms with Gasteiger partial charge in [0.2, 0.25) is 10.9 Å². The monoisotopic (exact) mass is 515 g/mol. The van der Waals surface area contributed by atoms with Gasteiger partial charge in [-0.3, -0.25) is 13.9 Å². The minimum absolute atomic E-state index is 0.00785. The summed E-state index contributed by atoms with van der Waals surface area (Å²) in [6.45, 7) is 0.212. The number of carboxylic acids is 1. The maximum Gasteiger partial charge on any atom is 0.328 e. The highest BCUT2D eigenvalue weighted by molar-refractivity contribution is 7.74. The molecule has 0 aliphatic carbocycles. The van der Waals surface area contributed by atoms with Crippen molar-refractivity contribution in [3.05, 3.63) is 59.4 Å². The molecule has 2 aromatic heterocycles. The molecule has 4 aromatic rings. The summed E-state index contributed by atoms with van der Waals surface area (Å²) in [5.74, 6) is 0.257. The first-order valence-corrected chi connectivity index (χ1v) is 12.0. The van der Waals surface area contributed by atoms with E-state index >= 15 is 0 Å². The molecule has 13 heteroatoms. The van der Waals surface area contributed by atoms with Gasteiger partial charge in [0.25, 0.3) is 0 Å². The fourth-order valence-corrected chi connectivity index (χ4v) is 4.34.